The first-order chi connectivity index (χ1) is 15.3. The van der Waals surface area contributed by atoms with Crippen LogP contribution in [0.4, 0.5) is 0 Å². The number of rotatable bonds is 5. The summed E-state index contributed by atoms with van der Waals surface area (Å²) in [5.41, 5.74) is 8.06. The van der Waals surface area contributed by atoms with Crippen molar-refractivity contribution < 1.29 is 9.53 Å². The van der Waals surface area contributed by atoms with Crippen LogP contribution in [0.1, 0.15) is 29.9 Å². The first kappa shape index (κ1) is 21.2. The number of carbonyl (C=O) groups is 1. The molecule has 1 aliphatic heterocycles. The van der Waals surface area contributed by atoms with Gasteiger partial charge in [0.05, 0.1) is 29.5 Å². The number of nitrogens with two attached hydrogens (primary N) is 1. The third kappa shape index (κ3) is 3.42. The Kier molecular flexibility index (Phi) is 5.31. The third-order valence-corrected chi connectivity index (χ3v) is 7.83. The Morgan fingerprint density at radius 3 is 2.91 bits per heavy atom. The fraction of sp³-hybridized carbons (Fsp3) is 0.364. The van der Waals surface area contributed by atoms with Gasteiger partial charge in [0.1, 0.15) is 4.83 Å². The van der Waals surface area contributed by atoms with E-state index in [9.17, 15) is 9.59 Å². The van der Waals surface area contributed by atoms with Crippen LogP contribution in [-0.4, -0.2) is 36.9 Å². The number of thiophene rings is 1. The highest BCUT2D eigenvalue weighted by Crippen LogP contribution is 2.37. The third-order valence-electron chi connectivity index (χ3n) is 5.69. The van der Waals surface area contributed by atoms with Crippen LogP contribution in [0.3, 0.4) is 0 Å². The van der Waals surface area contributed by atoms with E-state index in [4.69, 9.17) is 10.5 Å². The average Bonchev–Trinajstić information content (AvgIpc) is 3.33. The summed E-state index contributed by atoms with van der Waals surface area (Å²) in [6.45, 7) is 6.73. The van der Waals surface area contributed by atoms with Crippen molar-refractivity contribution in [1.29, 1.82) is 0 Å². The standard InChI is InChI=1S/C22H23N5O3S2/c1-11(2)15-8-14-16(9-30-15)32-20-18(14)19(29)26(13-6-4-5-12(3)7-13)21-24-25-22(27(20)21)31-10-17(23)28/h4-7,11,15H,8-10H2,1-3H3,(H2,23,28)/t15-/m0/s1. The molecule has 2 N–H and O–H groups in total. The monoisotopic (exact) mass is 469 g/mol. The number of thioether (sulfide) groups is 1. The van der Waals surface area contributed by atoms with Crippen LogP contribution in [0.25, 0.3) is 21.7 Å². The van der Waals surface area contributed by atoms with E-state index in [0.29, 0.717) is 35.3 Å². The lowest BCUT2D eigenvalue weighted by molar-refractivity contribution is -0.115. The number of nitrogens with zero attached hydrogens (tertiary/aromatic N) is 4. The summed E-state index contributed by atoms with van der Waals surface area (Å²) in [7, 11) is 0. The van der Waals surface area contributed by atoms with Gasteiger partial charge in [-0.15, -0.1) is 21.5 Å². The van der Waals surface area contributed by atoms with Crippen molar-refractivity contribution >= 4 is 45.0 Å². The summed E-state index contributed by atoms with van der Waals surface area (Å²) in [6, 6.07) is 7.75. The number of hydrogen-bond acceptors (Lipinski definition) is 7. The molecule has 1 atom stereocenters. The molecule has 0 bridgehead atoms. The van der Waals surface area contributed by atoms with Crippen molar-refractivity contribution in [3.05, 3.63) is 50.6 Å². The van der Waals surface area contributed by atoms with Crippen LogP contribution in [0.2, 0.25) is 0 Å². The number of amides is 1. The number of ether oxygens (including phenoxy) is 1. The van der Waals surface area contributed by atoms with E-state index >= 15 is 0 Å². The molecule has 32 heavy (non-hydrogen) atoms. The fourth-order valence-electron chi connectivity index (χ4n) is 4.10. The van der Waals surface area contributed by atoms with Crippen molar-refractivity contribution in [2.75, 3.05) is 5.75 Å². The first-order valence-electron chi connectivity index (χ1n) is 10.4. The Balaban J connectivity index is 1.85. The van der Waals surface area contributed by atoms with Crippen molar-refractivity contribution in [3.8, 4) is 5.69 Å². The molecule has 1 aliphatic rings. The minimum Gasteiger partial charge on any atom is -0.372 e. The predicted molar refractivity (Wildman–Crippen MR) is 126 cm³/mol. The summed E-state index contributed by atoms with van der Waals surface area (Å²) in [5.74, 6) is 0.404. The maximum absolute atomic E-state index is 13.9. The number of hydrogen-bond donors (Lipinski definition) is 1. The quantitative estimate of drug-likeness (QED) is 0.451. The Morgan fingerprint density at radius 1 is 1.38 bits per heavy atom. The number of fused-ring (bicyclic) bond motifs is 5. The number of carbonyl (C=O) groups excluding carboxylic acids is 1. The van der Waals surface area contributed by atoms with Crippen LogP contribution in [0.5, 0.6) is 0 Å². The zero-order valence-electron chi connectivity index (χ0n) is 18.0. The normalized spacial score (nSPS) is 16.2. The molecule has 5 rings (SSSR count). The van der Waals surface area contributed by atoms with Gasteiger partial charge in [0.2, 0.25) is 11.7 Å². The second kappa shape index (κ2) is 8.02. The van der Waals surface area contributed by atoms with Gasteiger partial charge in [-0.1, -0.05) is 37.7 Å². The number of aryl methyl sites for hydroxylation is 1. The van der Waals surface area contributed by atoms with Crippen LogP contribution < -0.4 is 11.3 Å². The van der Waals surface area contributed by atoms with E-state index < -0.39 is 5.91 Å². The zero-order valence-corrected chi connectivity index (χ0v) is 19.6. The van der Waals surface area contributed by atoms with E-state index in [-0.39, 0.29) is 17.4 Å². The second-order valence-corrected chi connectivity index (χ2v) is 10.4. The molecule has 8 nitrogen and oxygen atoms in total. The van der Waals surface area contributed by atoms with Crippen LogP contribution in [0, 0.1) is 12.8 Å². The minimum absolute atomic E-state index is 0.0624. The van der Waals surface area contributed by atoms with Gasteiger partial charge in [-0.05, 0) is 36.1 Å². The van der Waals surface area contributed by atoms with Crippen LogP contribution >= 0.6 is 23.1 Å². The lowest BCUT2D eigenvalue weighted by Crippen LogP contribution is -2.28. The molecular formula is C22H23N5O3S2. The number of benzene rings is 1. The topological polar surface area (TPSA) is 105 Å². The van der Waals surface area contributed by atoms with Gasteiger partial charge in [0.15, 0.2) is 5.16 Å². The molecule has 1 amide bonds. The summed E-state index contributed by atoms with van der Waals surface area (Å²) < 4.78 is 9.55. The lowest BCUT2D eigenvalue weighted by atomic mass is 9.96. The summed E-state index contributed by atoms with van der Waals surface area (Å²) in [4.78, 5) is 27.1. The molecule has 166 valence electrons. The molecule has 10 heteroatoms. The van der Waals surface area contributed by atoms with Crippen LogP contribution in [0.15, 0.2) is 34.2 Å². The molecule has 1 aromatic carbocycles. The van der Waals surface area contributed by atoms with E-state index in [1.807, 2.05) is 35.6 Å². The molecule has 4 aromatic rings. The Bertz CT molecular complexity index is 1420. The molecule has 0 spiro atoms. The summed E-state index contributed by atoms with van der Waals surface area (Å²) >= 11 is 2.75. The minimum atomic E-state index is -0.436. The number of aromatic nitrogens is 4. The maximum Gasteiger partial charge on any atom is 0.268 e. The van der Waals surface area contributed by atoms with E-state index in [0.717, 1.165) is 26.5 Å². The Morgan fingerprint density at radius 2 is 2.19 bits per heavy atom. The van der Waals surface area contributed by atoms with E-state index in [2.05, 4.69) is 24.0 Å². The highest BCUT2D eigenvalue weighted by atomic mass is 32.2. The predicted octanol–water partition coefficient (Wildman–Crippen LogP) is 3.08. The number of primary amides is 1. The summed E-state index contributed by atoms with van der Waals surface area (Å²) in [6.07, 6.45) is 0.750. The van der Waals surface area contributed by atoms with Gasteiger partial charge in [-0.2, -0.15) is 0 Å². The van der Waals surface area contributed by atoms with Gasteiger partial charge in [0, 0.05) is 11.3 Å². The largest absolute Gasteiger partial charge is 0.372 e. The average molecular weight is 470 g/mol. The highest BCUT2D eigenvalue weighted by molar-refractivity contribution is 7.99. The molecule has 3 aromatic heterocycles. The first-order valence-corrected chi connectivity index (χ1v) is 12.2. The molecule has 0 aliphatic carbocycles. The van der Waals surface area contributed by atoms with Gasteiger partial charge in [-0.25, -0.2) is 8.97 Å². The molecule has 0 saturated carbocycles. The maximum atomic E-state index is 13.9. The molecule has 0 radical (unpaired) electrons. The fourth-order valence-corrected chi connectivity index (χ4v) is 6.07. The van der Waals surface area contributed by atoms with Crippen molar-refractivity contribution in [1.82, 2.24) is 19.2 Å². The highest BCUT2D eigenvalue weighted by Gasteiger charge is 2.30. The van der Waals surface area contributed by atoms with Crippen LogP contribution in [-0.2, 0) is 22.6 Å². The van der Waals surface area contributed by atoms with Crippen molar-refractivity contribution in [2.45, 2.75) is 45.1 Å². The van der Waals surface area contributed by atoms with Gasteiger partial charge in [0.25, 0.3) is 5.56 Å². The molecule has 0 unspecified atom stereocenters. The Labute approximate surface area is 192 Å². The second-order valence-electron chi connectivity index (χ2n) is 8.33. The van der Waals surface area contributed by atoms with E-state index in [1.165, 1.54) is 23.1 Å². The van der Waals surface area contributed by atoms with Crippen molar-refractivity contribution in [2.24, 2.45) is 11.7 Å². The molecular weight excluding hydrogens is 446 g/mol. The smallest absolute Gasteiger partial charge is 0.268 e. The van der Waals surface area contributed by atoms with Gasteiger partial charge in [-0.3, -0.25) is 9.59 Å². The zero-order chi connectivity index (χ0) is 22.6. The van der Waals surface area contributed by atoms with Gasteiger partial charge >= 0.3 is 0 Å². The molecule has 4 heterocycles. The SMILES string of the molecule is Cc1cccc(-n2c(=O)c3c4c(sc3n3c(SCC(N)=O)nnc23)CO[C@H](C(C)C)C4)c1. The Hall–Kier alpha value is -2.69. The summed E-state index contributed by atoms with van der Waals surface area (Å²) in [5, 5.41) is 9.85. The molecule has 0 saturated heterocycles. The van der Waals surface area contributed by atoms with E-state index in [1.54, 1.807) is 4.57 Å². The molecule has 0 fully saturated rings. The van der Waals surface area contributed by atoms with Gasteiger partial charge < -0.3 is 10.5 Å². The lowest BCUT2D eigenvalue weighted by Gasteiger charge is -2.26. The van der Waals surface area contributed by atoms with Crippen molar-refractivity contribution in [3.63, 3.8) is 0 Å².